The number of phenolic OH excluding ortho intramolecular Hbond substituents is 1. The van der Waals surface area contributed by atoms with Crippen LogP contribution in [0.2, 0.25) is 5.02 Å². The third kappa shape index (κ3) is 3.73. The summed E-state index contributed by atoms with van der Waals surface area (Å²) in [5.41, 5.74) is 3.13. The first-order chi connectivity index (χ1) is 10.1. The van der Waals surface area contributed by atoms with Crippen LogP contribution >= 0.6 is 11.6 Å². The monoisotopic (exact) mass is 304 g/mol. The number of benzene rings is 2. The Balaban J connectivity index is 2.06. The molecule has 6 heteroatoms. The van der Waals surface area contributed by atoms with Crippen LogP contribution in [0.1, 0.15) is 15.9 Å². The molecule has 0 unspecified atom stereocenters. The Hall–Kier alpha value is -2.53. The molecule has 0 spiro atoms. The number of phenols is 1. The number of nitrogens with zero attached hydrogens (tertiary/aromatic N) is 1. The molecule has 108 valence electrons. The molecule has 0 aliphatic heterocycles. The lowest BCUT2D eigenvalue weighted by Crippen LogP contribution is -2.17. The quantitative estimate of drug-likeness (QED) is 0.674. The Kier molecular flexibility index (Phi) is 4.79. The fourth-order valence-electron chi connectivity index (χ4n) is 1.63. The number of halogens is 1. The molecule has 1 amide bonds. The second-order valence-corrected chi connectivity index (χ2v) is 4.51. The molecule has 0 heterocycles. The third-order valence-corrected chi connectivity index (χ3v) is 3.06. The van der Waals surface area contributed by atoms with Gasteiger partial charge in [0.05, 0.1) is 23.9 Å². The summed E-state index contributed by atoms with van der Waals surface area (Å²) in [5.74, 6) is 0.111. The molecular formula is C15H13ClN2O3. The zero-order valence-corrected chi connectivity index (χ0v) is 12.0. The lowest BCUT2D eigenvalue weighted by molar-refractivity contribution is 0.0955. The van der Waals surface area contributed by atoms with Gasteiger partial charge < -0.3 is 9.84 Å². The van der Waals surface area contributed by atoms with Gasteiger partial charge in [-0.25, -0.2) is 5.43 Å². The predicted octanol–water partition coefficient (Wildman–Crippen LogP) is 2.82. The molecule has 0 radical (unpaired) electrons. The molecule has 2 aromatic rings. The van der Waals surface area contributed by atoms with E-state index in [2.05, 4.69) is 10.5 Å². The molecule has 5 nitrogen and oxygen atoms in total. The average molecular weight is 305 g/mol. The van der Waals surface area contributed by atoms with Crippen molar-refractivity contribution in [3.8, 4) is 11.5 Å². The van der Waals surface area contributed by atoms with Gasteiger partial charge in [-0.1, -0.05) is 23.7 Å². The highest BCUT2D eigenvalue weighted by Crippen LogP contribution is 2.21. The van der Waals surface area contributed by atoms with Gasteiger partial charge in [-0.05, 0) is 24.3 Å². The average Bonchev–Trinajstić information content (AvgIpc) is 2.49. The van der Waals surface area contributed by atoms with E-state index in [0.29, 0.717) is 21.9 Å². The summed E-state index contributed by atoms with van der Waals surface area (Å²) >= 11 is 5.91. The highest BCUT2D eigenvalue weighted by Gasteiger charge is 2.08. The van der Waals surface area contributed by atoms with Gasteiger partial charge in [0.2, 0.25) is 0 Å². The molecule has 2 rings (SSSR count). The van der Waals surface area contributed by atoms with Crippen molar-refractivity contribution in [1.29, 1.82) is 0 Å². The van der Waals surface area contributed by atoms with Crippen molar-refractivity contribution in [2.45, 2.75) is 0 Å². The number of rotatable bonds is 4. The zero-order valence-electron chi connectivity index (χ0n) is 11.2. The van der Waals surface area contributed by atoms with Crippen molar-refractivity contribution in [1.82, 2.24) is 5.43 Å². The van der Waals surface area contributed by atoms with Crippen molar-refractivity contribution < 1.29 is 14.6 Å². The second kappa shape index (κ2) is 6.76. The minimum atomic E-state index is -0.426. The van der Waals surface area contributed by atoms with E-state index < -0.39 is 5.91 Å². The number of hydrogen-bond acceptors (Lipinski definition) is 4. The van der Waals surface area contributed by atoms with Gasteiger partial charge in [-0.15, -0.1) is 0 Å². The Morgan fingerprint density at radius 3 is 2.76 bits per heavy atom. The molecule has 2 N–H and O–H groups in total. The number of methoxy groups -OCH3 is 1. The summed E-state index contributed by atoms with van der Waals surface area (Å²) in [7, 11) is 1.51. The first-order valence-electron chi connectivity index (χ1n) is 6.06. The Morgan fingerprint density at radius 2 is 2.10 bits per heavy atom. The number of carbonyl (C=O) groups excluding carboxylic acids is 1. The maximum absolute atomic E-state index is 11.8. The maximum atomic E-state index is 11.8. The van der Waals surface area contributed by atoms with Crippen molar-refractivity contribution in [2.24, 2.45) is 5.10 Å². The van der Waals surface area contributed by atoms with Crippen molar-refractivity contribution >= 4 is 23.7 Å². The summed E-state index contributed by atoms with van der Waals surface area (Å²) in [6, 6.07) is 11.4. The van der Waals surface area contributed by atoms with Crippen LogP contribution < -0.4 is 10.2 Å². The Labute approximate surface area is 126 Å². The molecule has 0 saturated heterocycles. The first kappa shape index (κ1) is 14.9. The molecule has 0 bridgehead atoms. The van der Waals surface area contributed by atoms with Crippen LogP contribution in [0.3, 0.4) is 0 Å². The van der Waals surface area contributed by atoms with Crippen LogP contribution in [0.5, 0.6) is 11.5 Å². The SMILES string of the molecule is COc1ccc(C=NNC(=O)c2ccccc2Cl)c(O)c1. The van der Waals surface area contributed by atoms with E-state index in [1.807, 2.05) is 0 Å². The Morgan fingerprint density at radius 1 is 1.33 bits per heavy atom. The molecule has 21 heavy (non-hydrogen) atoms. The number of hydrogen-bond donors (Lipinski definition) is 2. The lowest BCUT2D eigenvalue weighted by Gasteiger charge is -2.03. The number of hydrazone groups is 1. The molecule has 0 saturated carbocycles. The number of ether oxygens (including phenoxy) is 1. The smallest absolute Gasteiger partial charge is 0.272 e. The topological polar surface area (TPSA) is 70.9 Å². The summed E-state index contributed by atoms with van der Waals surface area (Å²) in [6.07, 6.45) is 1.34. The van der Waals surface area contributed by atoms with Gasteiger partial charge in [-0.2, -0.15) is 5.10 Å². The van der Waals surface area contributed by atoms with E-state index in [0.717, 1.165) is 0 Å². The van der Waals surface area contributed by atoms with Gasteiger partial charge in [0.25, 0.3) is 5.91 Å². The zero-order chi connectivity index (χ0) is 15.2. The molecule has 0 fully saturated rings. The minimum Gasteiger partial charge on any atom is -0.507 e. The second-order valence-electron chi connectivity index (χ2n) is 4.10. The summed E-state index contributed by atoms with van der Waals surface area (Å²) in [4.78, 5) is 11.8. The number of amides is 1. The predicted molar refractivity (Wildman–Crippen MR) is 81.2 cm³/mol. The highest BCUT2D eigenvalue weighted by atomic mass is 35.5. The normalized spacial score (nSPS) is 10.6. The van der Waals surface area contributed by atoms with Crippen LogP contribution in [0.25, 0.3) is 0 Å². The number of carbonyl (C=O) groups is 1. The third-order valence-electron chi connectivity index (χ3n) is 2.73. The molecule has 2 aromatic carbocycles. The van der Waals surface area contributed by atoms with Crippen molar-refractivity contribution in [2.75, 3.05) is 7.11 Å². The first-order valence-corrected chi connectivity index (χ1v) is 6.44. The number of aromatic hydroxyl groups is 1. The van der Waals surface area contributed by atoms with Gasteiger partial charge in [0.15, 0.2) is 0 Å². The van der Waals surface area contributed by atoms with E-state index in [-0.39, 0.29) is 5.75 Å². The number of nitrogens with one attached hydrogen (secondary N) is 1. The van der Waals surface area contributed by atoms with E-state index in [4.69, 9.17) is 16.3 Å². The maximum Gasteiger partial charge on any atom is 0.272 e. The van der Waals surface area contributed by atoms with Crippen LogP contribution in [-0.4, -0.2) is 24.3 Å². The van der Waals surface area contributed by atoms with Crippen LogP contribution in [-0.2, 0) is 0 Å². The minimum absolute atomic E-state index is 0.00472. The molecular weight excluding hydrogens is 292 g/mol. The standard InChI is InChI=1S/C15H13ClN2O3/c1-21-11-7-6-10(14(19)8-11)9-17-18-15(20)12-4-2-3-5-13(12)16/h2-9,19H,1H3,(H,18,20). The van der Waals surface area contributed by atoms with Crippen LogP contribution in [0.4, 0.5) is 0 Å². The highest BCUT2D eigenvalue weighted by molar-refractivity contribution is 6.33. The summed E-state index contributed by atoms with van der Waals surface area (Å²) < 4.78 is 4.97. The summed E-state index contributed by atoms with van der Waals surface area (Å²) in [6.45, 7) is 0. The fraction of sp³-hybridized carbons (Fsp3) is 0.0667. The van der Waals surface area contributed by atoms with Crippen LogP contribution in [0, 0.1) is 0 Å². The molecule has 0 aliphatic carbocycles. The van der Waals surface area contributed by atoms with Gasteiger partial charge in [0, 0.05) is 11.6 Å². The van der Waals surface area contributed by atoms with Gasteiger partial charge >= 0.3 is 0 Å². The van der Waals surface area contributed by atoms with E-state index in [1.165, 1.54) is 19.4 Å². The molecule has 0 aromatic heterocycles. The molecule has 0 aliphatic rings. The van der Waals surface area contributed by atoms with E-state index in [1.54, 1.807) is 36.4 Å². The van der Waals surface area contributed by atoms with Gasteiger partial charge in [0.1, 0.15) is 11.5 Å². The lowest BCUT2D eigenvalue weighted by atomic mass is 10.2. The van der Waals surface area contributed by atoms with Gasteiger partial charge in [-0.3, -0.25) is 4.79 Å². The molecule has 0 atom stereocenters. The van der Waals surface area contributed by atoms with Crippen LogP contribution in [0.15, 0.2) is 47.6 Å². The summed E-state index contributed by atoms with van der Waals surface area (Å²) in [5, 5.41) is 13.9. The van der Waals surface area contributed by atoms with Crippen molar-refractivity contribution in [3.63, 3.8) is 0 Å². The van der Waals surface area contributed by atoms with Crippen molar-refractivity contribution in [3.05, 3.63) is 58.6 Å². The Bertz CT molecular complexity index is 686. The largest absolute Gasteiger partial charge is 0.507 e. The van der Waals surface area contributed by atoms with E-state index in [9.17, 15) is 9.90 Å². The van der Waals surface area contributed by atoms with E-state index >= 15 is 0 Å². The fourth-order valence-corrected chi connectivity index (χ4v) is 1.85.